The molecule has 1 aliphatic heterocycles. The number of para-hydroxylation sites is 1. The van der Waals surface area contributed by atoms with E-state index in [-0.39, 0.29) is 5.91 Å². The van der Waals surface area contributed by atoms with Gasteiger partial charge in [-0.05, 0) is 61.0 Å². The Kier molecular flexibility index (Phi) is 4.17. The van der Waals surface area contributed by atoms with Crippen LogP contribution in [0.1, 0.15) is 16.7 Å². The van der Waals surface area contributed by atoms with Crippen LogP contribution < -0.4 is 5.32 Å². The van der Waals surface area contributed by atoms with E-state index in [0.717, 1.165) is 22.2 Å². The van der Waals surface area contributed by atoms with Crippen molar-refractivity contribution >= 4 is 45.5 Å². The summed E-state index contributed by atoms with van der Waals surface area (Å²) in [6.45, 7) is 4.13. The summed E-state index contributed by atoms with van der Waals surface area (Å²) in [6.07, 6.45) is 3.98. The molecule has 0 aliphatic carbocycles. The molecule has 1 amide bonds. The Morgan fingerprint density at radius 3 is 2.73 bits per heavy atom. The van der Waals surface area contributed by atoms with Crippen LogP contribution in [0.15, 0.2) is 58.6 Å². The molecular weight excluding hydrogens is 342 g/mol. The van der Waals surface area contributed by atoms with E-state index >= 15 is 0 Å². The molecule has 1 N–H and O–H groups in total. The maximum absolute atomic E-state index is 12.4. The highest BCUT2D eigenvalue weighted by atomic mass is 32.2. The quantitative estimate of drug-likeness (QED) is 0.673. The van der Waals surface area contributed by atoms with Crippen molar-refractivity contribution in [3.05, 3.63) is 70.3 Å². The van der Waals surface area contributed by atoms with Crippen molar-refractivity contribution < 1.29 is 4.79 Å². The third kappa shape index (κ3) is 3.06. The molecule has 1 aromatic heterocycles. The Morgan fingerprint density at radius 2 is 1.92 bits per heavy atom. The molecular formula is C21H19N3OS. The number of hydrogen-bond donors (Lipinski definition) is 1. The standard InChI is InChI=1S/C21H19N3OS/c1-13-8-9-16(10-14(13)2)22-21-23-20(25)19(26-21)11-15-12-24(3)18-7-5-4-6-17(15)18/h4-12H,1-3H3,(H,22,23,25). The fourth-order valence-electron chi connectivity index (χ4n) is 3.02. The SMILES string of the molecule is Cc1ccc(N=C2NC(=O)C(=Cc3cn(C)c4ccccc34)S2)cc1C. The number of fused-ring (bicyclic) bond motifs is 1. The number of aromatic nitrogens is 1. The van der Waals surface area contributed by atoms with Gasteiger partial charge in [0.05, 0.1) is 10.6 Å². The van der Waals surface area contributed by atoms with E-state index in [1.807, 2.05) is 49.7 Å². The van der Waals surface area contributed by atoms with Gasteiger partial charge in [-0.15, -0.1) is 0 Å². The van der Waals surface area contributed by atoms with Crippen LogP contribution >= 0.6 is 11.8 Å². The minimum Gasteiger partial charge on any atom is -0.350 e. The Hall–Kier alpha value is -2.79. The van der Waals surface area contributed by atoms with Crippen molar-refractivity contribution in [3.63, 3.8) is 0 Å². The van der Waals surface area contributed by atoms with Crippen LogP contribution in [-0.4, -0.2) is 15.6 Å². The van der Waals surface area contributed by atoms with Gasteiger partial charge in [0.2, 0.25) is 0 Å². The lowest BCUT2D eigenvalue weighted by Crippen LogP contribution is -2.19. The highest BCUT2D eigenvalue weighted by molar-refractivity contribution is 8.18. The van der Waals surface area contributed by atoms with E-state index in [1.54, 1.807) is 0 Å². The first-order valence-corrected chi connectivity index (χ1v) is 9.24. The molecule has 0 bridgehead atoms. The maximum Gasteiger partial charge on any atom is 0.264 e. The van der Waals surface area contributed by atoms with Crippen LogP contribution in [-0.2, 0) is 11.8 Å². The molecule has 2 heterocycles. The molecule has 1 saturated heterocycles. The van der Waals surface area contributed by atoms with E-state index in [9.17, 15) is 4.79 Å². The number of nitrogens with one attached hydrogen (secondary N) is 1. The zero-order chi connectivity index (χ0) is 18.3. The molecule has 0 atom stereocenters. The molecule has 1 aliphatic rings. The summed E-state index contributed by atoms with van der Waals surface area (Å²) < 4.78 is 2.07. The number of amides is 1. The van der Waals surface area contributed by atoms with Gasteiger partial charge in [0.15, 0.2) is 5.17 Å². The number of rotatable bonds is 2. The largest absolute Gasteiger partial charge is 0.350 e. The Labute approximate surface area is 156 Å². The number of carbonyl (C=O) groups excluding carboxylic acids is 1. The number of amidine groups is 1. The molecule has 26 heavy (non-hydrogen) atoms. The monoisotopic (exact) mass is 361 g/mol. The van der Waals surface area contributed by atoms with Gasteiger partial charge < -0.3 is 9.88 Å². The lowest BCUT2D eigenvalue weighted by Gasteiger charge is -2.01. The Balaban J connectivity index is 1.66. The van der Waals surface area contributed by atoms with Crippen molar-refractivity contribution in [1.82, 2.24) is 9.88 Å². The van der Waals surface area contributed by atoms with Crippen LogP contribution in [0.2, 0.25) is 0 Å². The first kappa shape index (κ1) is 16.7. The predicted molar refractivity (Wildman–Crippen MR) is 110 cm³/mol. The summed E-state index contributed by atoms with van der Waals surface area (Å²) in [6, 6.07) is 14.2. The van der Waals surface area contributed by atoms with E-state index in [4.69, 9.17) is 0 Å². The van der Waals surface area contributed by atoms with Gasteiger partial charge in [0, 0.05) is 29.7 Å². The topological polar surface area (TPSA) is 46.4 Å². The number of benzene rings is 2. The lowest BCUT2D eigenvalue weighted by atomic mass is 10.1. The van der Waals surface area contributed by atoms with Crippen molar-refractivity contribution in [1.29, 1.82) is 0 Å². The summed E-state index contributed by atoms with van der Waals surface area (Å²) >= 11 is 1.38. The third-order valence-corrected chi connectivity index (χ3v) is 5.50. The van der Waals surface area contributed by atoms with Crippen molar-refractivity contribution in [2.24, 2.45) is 12.0 Å². The van der Waals surface area contributed by atoms with E-state index in [2.05, 4.69) is 40.9 Å². The van der Waals surface area contributed by atoms with Crippen LogP contribution in [0.4, 0.5) is 5.69 Å². The Bertz CT molecular complexity index is 1090. The normalized spacial score (nSPS) is 17.4. The number of aryl methyl sites for hydroxylation is 3. The Morgan fingerprint density at radius 1 is 1.12 bits per heavy atom. The smallest absolute Gasteiger partial charge is 0.264 e. The van der Waals surface area contributed by atoms with Gasteiger partial charge in [-0.3, -0.25) is 4.79 Å². The second-order valence-electron chi connectivity index (χ2n) is 6.46. The number of thioether (sulfide) groups is 1. The van der Waals surface area contributed by atoms with Gasteiger partial charge >= 0.3 is 0 Å². The number of hydrogen-bond acceptors (Lipinski definition) is 3. The third-order valence-electron chi connectivity index (χ3n) is 4.59. The van der Waals surface area contributed by atoms with E-state index < -0.39 is 0 Å². The van der Waals surface area contributed by atoms with Crippen LogP contribution in [0.5, 0.6) is 0 Å². The summed E-state index contributed by atoms with van der Waals surface area (Å²) in [5.74, 6) is -0.106. The van der Waals surface area contributed by atoms with Crippen molar-refractivity contribution in [2.45, 2.75) is 13.8 Å². The minimum atomic E-state index is -0.106. The molecule has 0 unspecified atom stereocenters. The van der Waals surface area contributed by atoms with Gasteiger partial charge in [-0.25, -0.2) is 4.99 Å². The van der Waals surface area contributed by atoms with Gasteiger partial charge in [0.1, 0.15) is 0 Å². The van der Waals surface area contributed by atoms with Crippen LogP contribution in [0, 0.1) is 13.8 Å². The minimum absolute atomic E-state index is 0.106. The summed E-state index contributed by atoms with van der Waals surface area (Å²) in [4.78, 5) is 17.6. The number of carbonyl (C=O) groups is 1. The zero-order valence-electron chi connectivity index (χ0n) is 14.9. The van der Waals surface area contributed by atoms with Crippen LogP contribution in [0.3, 0.4) is 0 Å². The highest BCUT2D eigenvalue weighted by Gasteiger charge is 2.24. The summed E-state index contributed by atoms with van der Waals surface area (Å²) in [7, 11) is 2.01. The highest BCUT2D eigenvalue weighted by Crippen LogP contribution is 2.31. The average Bonchev–Trinajstić information content (AvgIpc) is 3.12. The van der Waals surface area contributed by atoms with Gasteiger partial charge in [0.25, 0.3) is 5.91 Å². The zero-order valence-corrected chi connectivity index (χ0v) is 15.7. The van der Waals surface area contributed by atoms with Crippen molar-refractivity contribution in [2.75, 3.05) is 0 Å². The first-order valence-electron chi connectivity index (χ1n) is 8.42. The first-order chi connectivity index (χ1) is 12.5. The fourth-order valence-corrected chi connectivity index (χ4v) is 3.85. The summed E-state index contributed by atoms with van der Waals surface area (Å²) in [5.41, 5.74) is 5.45. The second-order valence-corrected chi connectivity index (χ2v) is 7.49. The predicted octanol–water partition coefficient (Wildman–Crippen LogP) is 4.69. The molecule has 130 valence electrons. The molecule has 3 aromatic rings. The average molecular weight is 361 g/mol. The number of aliphatic imine (C=N–C) groups is 1. The molecule has 0 radical (unpaired) electrons. The number of nitrogens with zero attached hydrogens (tertiary/aromatic N) is 2. The fraction of sp³-hybridized carbons (Fsp3) is 0.143. The summed E-state index contributed by atoms with van der Waals surface area (Å²) in [5, 5.41) is 4.61. The molecule has 0 spiro atoms. The van der Waals surface area contributed by atoms with E-state index in [1.165, 1.54) is 22.9 Å². The van der Waals surface area contributed by atoms with Crippen LogP contribution in [0.25, 0.3) is 17.0 Å². The van der Waals surface area contributed by atoms with E-state index in [0.29, 0.717) is 10.1 Å². The van der Waals surface area contributed by atoms with Gasteiger partial charge in [-0.2, -0.15) is 0 Å². The maximum atomic E-state index is 12.4. The second kappa shape index (κ2) is 6.50. The molecule has 1 fully saturated rings. The van der Waals surface area contributed by atoms with Crippen molar-refractivity contribution in [3.8, 4) is 0 Å². The molecule has 4 rings (SSSR count). The lowest BCUT2D eigenvalue weighted by molar-refractivity contribution is -0.115. The molecule has 5 heteroatoms. The molecule has 0 saturated carbocycles. The van der Waals surface area contributed by atoms with Gasteiger partial charge in [-0.1, -0.05) is 24.3 Å². The molecule has 2 aromatic carbocycles. The molecule has 4 nitrogen and oxygen atoms in total.